The highest BCUT2D eigenvalue weighted by Crippen LogP contribution is 2.24. The Balaban J connectivity index is 2.95. The minimum absolute atomic E-state index is 0.0266. The summed E-state index contributed by atoms with van der Waals surface area (Å²) in [5.41, 5.74) is 6.50. The lowest BCUT2D eigenvalue weighted by atomic mass is 10.1. The van der Waals surface area contributed by atoms with Crippen molar-refractivity contribution in [2.24, 2.45) is 10.7 Å². The maximum Gasteiger partial charge on any atom is 0.0913 e. The van der Waals surface area contributed by atoms with Gasteiger partial charge in [-0.2, -0.15) is 0 Å². The molecule has 0 aliphatic rings. The third kappa shape index (κ3) is 2.74. The molecule has 0 saturated carbocycles. The Morgan fingerprint density at radius 1 is 1.46 bits per heavy atom. The molecule has 1 atom stereocenters. The average molecular weight is 197 g/mol. The van der Waals surface area contributed by atoms with Gasteiger partial charge in [-0.15, -0.1) is 0 Å². The van der Waals surface area contributed by atoms with E-state index in [1.54, 1.807) is 6.92 Å². The molecule has 13 heavy (non-hydrogen) atoms. The minimum atomic E-state index is 0.0266. The van der Waals surface area contributed by atoms with Gasteiger partial charge in [0.1, 0.15) is 0 Å². The fourth-order valence-corrected chi connectivity index (χ4v) is 1.48. The normalized spacial score (nSPS) is 14.2. The van der Waals surface area contributed by atoms with Crippen LogP contribution in [0.25, 0.3) is 0 Å². The Bertz CT molecular complexity index is 316. The minimum Gasteiger partial charge on any atom is -0.388 e. The van der Waals surface area contributed by atoms with Gasteiger partial charge in [-0.3, -0.25) is 4.99 Å². The molecule has 2 nitrogen and oxygen atoms in total. The Kier molecular flexibility index (Phi) is 3.32. The third-order valence-corrected chi connectivity index (χ3v) is 2.10. The lowest BCUT2D eigenvalue weighted by Gasteiger charge is -2.08. The third-order valence-electron chi connectivity index (χ3n) is 1.75. The average Bonchev–Trinajstić information content (AvgIpc) is 2.03. The number of nitrogens with two attached hydrogens (primary N) is 1. The molecule has 0 heterocycles. The quantitative estimate of drug-likeness (QED) is 0.573. The summed E-state index contributed by atoms with van der Waals surface area (Å²) in [6, 6.07) is 7.68. The van der Waals surface area contributed by atoms with Crippen LogP contribution < -0.4 is 5.73 Å². The molecule has 3 heteroatoms. The number of halogens is 1. The summed E-state index contributed by atoms with van der Waals surface area (Å²) in [4.78, 5) is 4.22. The standard InChI is InChI=1S/C10H13ClN2/c1-7(13-8(2)12)9-5-3-4-6-10(9)11/h3-7H,1-2H3,(H2,12,13). The number of nitrogens with zero attached hydrogens (tertiary/aromatic N) is 1. The summed E-state index contributed by atoms with van der Waals surface area (Å²) in [6.07, 6.45) is 0. The van der Waals surface area contributed by atoms with Crippen LogP contribution in [-0.2, 0) is 0 Å². The zero-order valence-corrected chi connectivity index (χ0v) is 8.55. The van der Waals surface area contributed by atoms with Crippen LogP contribution in [0.4, 0.5) is 0 Å². The highest BCUT2D eigenvalue weighted by atomic mass is 35.5. The van der Waals surface area contributed by atoms with Crippen molar-refractivity contribution in [1.82, 2.24) is 0 Å². The van der Waals surface area contributed by atoms with Crippen molar-refractivity contribution in [2.45, 2.75) is 19.9 Å². The first-order valence-electron chi connectivity index (χ1n) is 4.15. The number of hydrogen-bond acceptors (Lipinski definition) is 1. The predicted octanol–water partition coefficient (Wildman–Crippen LogP) is 2.78. The number of hydrogen-bond donors (Lipinski definition) is 1. The lowest BCUT2D eigenvalue weighted by Crippen LogP contribution is -2.07. The Hall–Kier alpha value is -1.02. The summed E-state index contributed by atoms with van der Waals surface area (Å²) in [5.74, 6) is 0.576. The number of aliphatic imine (C=N–C) groups is 1. The van der Waals surface area contributed by atoms with Crippen LogP contribution in [0, 0.1) is 0 Å². The zero-order valence-electron chi connectivity index (χ0n) is 7.79. The smallest absolute Gasteiger partial charge is 0.0913 e. The van der Waals surface area contributed by atoms with E-state index in [1.807, 2.05) is 31.2 Å². The van der Waals surface area contributed by atoms with Crippen molar-refractivity contribution < 1.29 is 0 Å². The largest absolute Gasteiger partial charge is 0.388 e. The van der Waals surface area contributed by atoms with Gasteiger partial charge in [0.2, 0.25) is 0 Å². The summed E-state index contributed by atoms with van der Waals surface area (Å²) in [7, 11) is 0. The first-order chi connectivity index (χ1) is 6.11. The van der Waals surface area contributed by atoms with E-state index >= 15 is 0 Å². The van der Waals surface area contributed by atoms with Crippen molar-refractivity contribution in [2.75, 3.05) is 0 Å². The Labute approximate surface area is 83.4 Å². The monoisotopic (exact) mass is 196 g/mol. The van der Waals surface area contributed by atoms with E-state index in [4.69, 9.17) is 17.3 Å². The molecule has 0 aliphatic carbocycles. The van der Waals surface area contributed by atoms with Gasteiger partial charge in [0, 0.05) is 5.02 Å². The molecule has 0 saturated heterocycles. The first-order valence-corrected chi connectivity index (χ1v) is 4.53. The molecular weight excluding hydrogens is 184 g/mol. The molecule has 70 valence electrons. The topological polar surface area (TPSA) is 38.4 Å². The molecule has 0 amide bonds. The van der Waals surface area contributed by atoms with Crippen LogP contribution in [0.1, 0.15) is 25.5 Å². The molecule has 2 N–H and O–H groups in total. The fraction of sp³-hybridized carbons (Fsp3) is 0.300. The van der Waals surface area contributed by atoms with Gasteiger partial charge in [0.15, 0.2) is 0 Å². The number of benzene rings is 1. The van der Waals surface area contributed by atoms with Crippen molar-refractivity contribution in [3.8, 4) is 0 Å². The summed E-state index contributed by atoms with van der Waals surface area (Å²) in [6.45, 7) is 3.74. The summed E-state index contributed by atoms with van der Waals surface area (Å²) < 4.78 is 0. The predicted molar refractivity (Wildman–Crippen MR) is 57.2 cm³/mol. The van der Waals surface area contributed by atoms with Crippen molar-refractivity contribution in [3.63, 3.8) is 0 Å². The van der Waals surface area contributed by atoms with E-state index in [0.29, 0.717) is 5.84 Å². The van der Waals surface area contributed by atoms with Gasteiger partial charge >= 0.3 is 0 Å². The van der Waals surface area contributed by atoms with Crippen LogP contribution in [0.3, 0.4) is 0 Å². The number of rotatable bonds is 2. The molecule has 0 bridgehead atoms. The van der Waals surface area contributed by atoms with Gasteiger partial charge in [-0.1, -0.05) is 29.8 Å². The second-order valence-electron chi connectivity index (χ2n) is 2.97. The highest BCUT2D eigenvalue weighted by molar-refractivity contribution is 6.31. The van der Waals surface area contributed by atoms with Crippen LogP contribution in [0.15, 0.2) is 29.3 Å². The summed E-state index contributed by atoms with van der Waals surface area (Å²) >= 11 is 5.99. The molecule has 0 aliphatic heterocycles. The van der Waals surface area contributed by atoms with E-state index in [1.165, 1.54) is 0 Å². The summed E-state index contributed by atoms with van der Waals surface area (Å²) in [5, 5.41) is 0.736. The molecule has 1 aromatic rings. The first kappa shape index (κ1) is 10.1. The fourth-order valence-electron chi connectivity index (χ4n) is 1.19. The Morgan fingerprint density at radius 2 is 2.08 bits per heavy atom. The van der Waals surface area contributed by atoms with E-state index in [9.17, 15) is 0 Å². The lowest BCUT2D eigenvalue weighted by molar-refractivity contribution is 0.817. The van der Waals surface area contributed by atoms with Crippen molar-refractivity contribution in [1.29, 1.82) is 0 Å². The van der Waals surface area contributed by atoms with Crippen LogP contribution >= 0.6 is 11.6 Å². The molecular formula is C10H13ClN2. The zero-order chi connectivity index (χ0) is 9.84. The second kappa shape index (κ2) is 4.28. The maximum atomic E-state index is 5.99. The maximum absolute atomic E-state index is 5.99. The molecule has 1 rings (SSSR count). The van der Waals surface area contributed by atoms with Gasteiger partial charge in [-0.05, 0) is 25.5 Å². The van der Waals surface area contributed by atoms with Crippen LogP contribution in [-0.4, -0.2) is 5.84 Å². The molecule has 1 unspecified atom stereocenters. The highest BCUT2D eigenvalue weighted by Gasteiger charge is 2.06. The molecule has 0 spiro atoms. The van der Waals surface area contributed by atoms with E-state index < -0.39 is 0 Å². The van der Waals surface area contributed by atoms with Crippen LogP contribution in [0.2, 0.25) is 5.02 Å². The van der Waals surface area contributed by atoms with E-state index in [-0.39, 0.29) is 6.04 Å². The van der Waals surface area contributed by atoms with Crippen LogP contribution in [0.5, 0.6) is 0 Å². The Morgan fingerprint density at radius 3 is 2.62 bits per heavy atom. The van der Waals surface area contributed by atoms with E-state index in [2.05, 4.69) is 4.99 Å². The molecule has 1 aromatic carbocycles. The van der Waals surface area contributed by atoms with Gasteiger partial charge in [0.25, 0.3) is 0 Å². The van der Waals surface area contributed by atoms with Gasteiger partial charge in [0.05, 0.1) is 11.9 Å². The van der Waals surface area contributed by atoms with Crippen molar-refractivity contribution >= 4 is 17.4 Å². The van der Waals surface area contributed by atoms with Gasteiger partial charge < -0.3 is 5.73 Å². The second-order valence-corrected chi connectivity index (χ2v) is 3.38. The SMILES string of the molecule is CC(N)=NC(C)c1ccccc1Cl. The van der Waals surface area contributed by atoms with E-state index in [0.717, 1.165) is 10.6 Å². The van der Waals surface area contributed by atoms with Crippen molar-refractivity contribution in [3.05, 3.63) is 34.9 Å². The van der Waals surface area contributed by atoms with Gasteiger partial charge in [-0.25, -0.2) is 0 Å². The molecule has 0 aromatic heterocycles. The number of amidine groups is 1. The molecule has 0 radical (unpaired) electrons. The molecule has 0 fully saturated rings.